The number of aromatic nitrogens is 2. The largest absolute Gasteiger partial charge is 0.347 e. The van der Waals surface area contributed by atoms with Crippen LogP contribution in [0, 0.1) is 13.8 Å². The van der Waals surface area contributed by atoms with Crippen molar-refractivity contribution < 1.29 is 4.79 Å². The molecule has 0 aliphatic heterocycles. The summed E-state index contributed by atoms with van der Waals surface area (Å²) in [5.41, 5.74) is 3.62. The number of H-pyrrole nitrogens is 1. The molecule has 2 rings (SSSR count). The van der Waals surface area contributed by atoms with E-state index < -0.39 is 0 Å². The van der Waals surface area contributed by atoms with E-state index in [2.05, 4.69) is 54.3 Å². The number of benzene rings is 1. The Morgan fingerprint density at radius 1 is 1.41 bits per heavy atom. The number of urea groups is 1. The van der Waals surface area contributed by atoms with Crippen LogP contribution >= 0.6 is 0 Å². The lowest BCUT2D eigenvalue weighted by atomic mass is 9.97. The fourth-order valence-electron chi connectivity index (χ4n) is 2.56. The minimum Gasteiger partial charge on any atom is -0.347 e. The van der Waals surface area contributed by atoms with Gasteiger partial charge in [0, 0.05) is 19.4 Å². The molecule has 1 aromatic carbocycles. The first-order chi connectivity index (χ1) is 10.5. The minimum absolute atomic E-state index is 0.0205. The van der Waals surface area contributed by atoms with E-state index in [1.54, 1.807) is 24.3 Å². The van der Waals surface area contributed by atoms with Gasteiger partial charge >= 0.3 is 6.03 Å². The van der Waals surface area contributed by atoms with Crippen molar-refractivity contribution in [2.75, 3.05) is 7.05 Å². The van der Waals surface area contributed by atoms with Gasteiger partial charge in [0.1, 0.15) is 5.82 Å². The van der Waals surface area contributed by atoms with Gasteiger partial charge in [0.05, 0.1) is 12.6 Å². The summed E-state index contributed by atoms with van der Waals surface area (Å²) >= 11 is 0. The summed E-state index contributed by atoms with van der Waals surface area (Å²) in [7, 11) is 1.77. The first kappa shape index (κ1) is 16.1. The zero-order valence-corrected chi connectivity index (χ0v) is 13.7. The van der Waals surface area contributed by atoms with Gasteiger partial charge in [0.25, 0.3) is 0 Å². The van der Waals surface area contributed by atoms with Crippen LogP contribution in [0.3, 0.4) is 0 Å². The average Bonchev–Trinajstić information content (AvgIpc) is 2.98. The first-order valence-corrected chi connectivity index (χ1v) is 7.58. The summed E-state index contributed by atoms with van der Waals surface area (Å²) < 4.78 is 0. The van der Waals surface area contributed by atoms with Crippen molar-refractivity contribution >= 4 is 6.03 Å². The van der Waals surface area contributed by atoms with Gasteiger partial charge in [-0.2, -0.15) is 0 Å². The number of amides is 2. The van der Waals surface area contributed by atoms with Gasteiger partial charge in [-0.25, -0.2) is 9.78 Å². The van der Waals surface area contributed by atoms with Crippen molar-refractivity contribution in [3.8, 4) is 0 Å². The molecular weight excluding hydrogens is 276 g/mol. The van der Waals surface area contributed by atoms with Gasteiger partial charge in [-0.1, -0.05) is 30.7 Å². The Labute approximate surface area is 131 Å². The number of nitrogens with one attached hydrogen (secondary N) is 2. The quantitative estimate of drug-likeness (QED) is 0.890. The summed E-state index contributed by atoms with van der Waals surface area (Å²) in [6.45, 7) is 6.70. The fourth-order valence-corrected chi connectivity index (χ4v) is 2.56. The van der Waals surface area contributed by atoms with Crippen LogP contribution in [0.1, 0.15) is 41.9 Å². The molecule has 0 saturated heterocycles. The predicted molar refractivity (Wildman–Crippen MR) is 87.5 cm³/mol. The van der Waals surface area contributed by atoms with E-state index >= 15 is 0 Å². The lowest BCUT2D eigenvalue weighted by molar-refractivity contribution is 0.201. The maximum Gasteiger partial charge on any atom is 0.318 e. The molecule has 0 saturated carbocycles. The van der Waals surface area contributed by atoms with Crippen LogP contribution in [0.4, 0.5) is 4.79 Å². The number of carbonyl (C=O) groups excluding carboxylic acids is 1. The Balaban J connectivity index is 2.04. The van der Waals surface area contributed by atoms with Crippen LogP contribution in [-0.2, 0) is 6.54 Å². The Morgan fingerprint density at radius 2 is 2.18 bits per heavy atom. The molecule has 5 nitrogen and oxygen atoms in total. The molecule has 1 aromatic heterocycles. The number of aromatic amines is 1. The van der Waals surface area contributed by atoms with Gasteiger partial charge in [-0.15, -0.1) is 0 Å². The van der Waals surface area contributed by atoms with Crippen molar-refractivity contribution in [1.82, 2.24) is 20.2 Å². The number of aryl methyl sites for hydroxylation is 2. The third-order valence-electron chi connectivity index (χ3n) is 3.80. The number of rotatable bonds is 5. The average molecular weight is 300 g/mol. The number of hydrogen-bond donors (Lipinski definition) is 2. The van der Waals surface area contributed by atoms with Crippen LogP contribution in [0.15, 0.2) is 30.6 Å². The normalized spacial score (nSPS) is 12.0. The zero-order chi connectivity index (χ0) is 16.1. The molecule has 1 atom stereocenters. The molecule has 0 aliphatic rings. The Kier molecular flexibility index (Phi) is 5.20. The molecule has 0 radical (unpaired) electrons. The number of imidazole rings is 1. The van der Waals surface area contributed by atoms with Gasteiger partial charge in [-0.3, -0.25) is 0 Å². The molecule has 2 aromatic rings. The first-order valence-electron chi connectivity index (χ1n) is 7.58. The summed E-state index contributed by atoms with van der Waals surface area (Å²) in [6, 6.07) is 6.27. The molecule has 0 bridgehead atoms. The van der Waals surface area contributed by atoms with Crippen molar-refractivity contribution in [1.29, 1.82) is 0 Å². The maximum atomic E-state index is 12.4. The summed E-state index contributed by atoms with van der Waals surface area (Å²) in [4.78, 5) is 21.1. The molecule has 1 heterocycles. The van der Waals surface area contributed by atoms with E-state index in [9.17, 15) is 4.79 Å². The molecule has 0 aliphatic carbocycles. The third kappa shape index (κ3) is 3.87. The second-order valence-corrected chi connectivity index (χ2v) is 5.66. The number of carbonyl (C=O) groups is 1. The SMILES string of the molecule is CCC(NC(=O)N(C)Cc1ncc[nH]1)c1ccc(C)cc1C. The number of hydrogen-bond acceptors (Lipinski definition) is 2. The van der Waals surface area contributed by atoms with Crippen molar-refractivity contribution in [2.24, 2.45) is 0 Å². The van der Waals surface area contributed by atoms with Gasteiger partial charge in [-0.05, 0) is 31.4 Å². The summed E-state index contributed by atoms with van der Waals surface area (Å²) in [5, 5.41) is 3.10. The summed E-state index contributed by atoms with van der Waals surface area (Å²) in [6.07, 6.45) is 4.29. The molecule has 0 spiro atoms. The topological polar surface area (TPSA) is 61.0 Å². The van der Waals surface area contributed by atoms with Crippen LogP contribution in [0.2, 0.25) is 0 Å². The molecule has 2 N–H and O–H groups in total. The van der Waals surface area contributed by atoms with Crippen LogP contribution in [0.5, 0.6) is 0 Å². The molecule has 1 unspecified atom stereocenters. The predicted octanol–water partition coefficient (Wildman–Crippen LogP) is 3.32. The molecular formula is C17H24N4O. The van der Waals surface area contributed by atoms with Crippen LogP contribution < -0.4 is 5.32 Å². The number of nitrogens with zero attached hydrogens (tertiary/aromatic N) is 2. The smallest absolute Gasteiger partial charge is 0.318 e. The Hall–Kier alpha value is -2.30. The summed E-state index contributed by atoms with van der Waals surface area (Å²) in [5.74, 6) is 0.775. The van der Waals surface area contributed by atoms with Crippen molar-refractivity contribution in [2.45, 2.75) is 39.8 Å². The third-order valence-corrected chi connectivity index (χ3v) is 3.80. The van der Waals surface area contributed by atoms with Crippen molar-refractivity contribution in [3.63, 3.8) is 0 Å². The highest BCUT2D eigenvalue weighted by molar-refractivity contribution is 5.74. The van der Waals surface area contributed by atoms with Gasteiger partial charge in [0.2, 0.25) is 0 Å². The van der Waals surface area contributed by atoms with Crippen molar-refractivity contribution in [3.05, 3.63) is 53.1 Å². The van der Waals surface area contributed by atoms with E-state index in [1.807, 2.05) is 0 Å². The highest BCUT2D eigenvalue weighted by atomic mass is 16.2. The van der Waals surface area contributed by atoms with E-state index in [-0.39, 0.29) is 12.1 Å². The van der Waals surface area contributed by atoms with E-state index in [0.29, 0.717) is 6.54 Å². The van der Waals surface area contributed by atoms with Crippen LogP contribution in [-0.4, -0.2) is 27.9 Å². The second kappa shape index (κ2) is 7.11. The monoisotopic (exact) mass is 300 g/mol. The molecule has 118 valence electrons. The molecule has 0 fully saturated rings. The molecule has 5 heteroatoms. The lowest BCUT2D eigenvalue weighted by Gasteiger charge is -2.24. The van der Waals surface area contributed by atoms with Crippen LogP contribution in [0.25, 0.3) is 0 Å². The standard InChI is InChI=1S/C17H24N4O/c1-5-15(14-7-6-12(2)10-13(14)3)20-17(22)21(4)11-16-18-8-9-19-16/h6-10,15H,5,11H2,1-4H3,(H,18,19)(H,20,22). The molecule has 2 amide bonds. The fraction of sp³-hybridized carbons (Fsp3) is 0.412. The Morgan fingerprint density at radius 3 is 2.77 bits per heavy atom. The zero-order valence-electron chi connectivity index (χ0n) is 13.7. The van der Waals surface area contributed by atoms with E-state index in [0.717, 1.165) is 12.2 Å². The Bertz CT molecular complexity index is 622. The van der Waals surface area contributed by atoms with Gasteiger partial charge < -0.3 is 15.2 Å². The molecule has 22 heavy (non-hydrogen) atoms. The highest BCUT2D eigenvalue weighted by Gasteiger charge is 2.17. The second-order valence-electron chi connectivity index (χ2n) is 5.66. The maximum absolute atomic E-state index is 12.4. The minimum atomic E-state index is -0.0942. The van der Waals surface area contributed by atoms with E-state index in [4.69, 9.17) is 0 Å². The van der Waals surface area contributed by atoms with Gasteiger partial charge in [0.15, 0.2) is 0 Å². The highest BCUT2D eigenvalue weighted by Crippen LogP contribution is 2.22. The van der Waals surface area contributed by atoms with E-state index in [1.165, 1.54) is 16.7 Å². The lowest BCUT2D eigenvalue weighted by Crippen LogP contribution is -2.39.